The van der Waals surface area contributed by atoms with Gasteiger partial charge in [0.2, 0.25) is 5.91 Å². The molecule has 1 aromatic carbocycles. The second-order valence-electron chi connectivity index (χ2n) is 4.40. The van der Waals surface area contributed by atoms with Crippen LogP contribution in [-0.4, -0.2) is 36.9 Å². The summed E-state index contributed by atoms with van der Waals surface area (Å²) in [5.41, 5.74) is 6.35. The van der Waals surface area contributed by atoms with Gasteiger partial charge in [-0.1, -0.05) is 11.6 Å². The molecule has 20 heavy (non-hydrogen) atoms. The van der Waals surface area contributed by atoms with Crippen LogP contribution in [0.4, 0.5) is 5.69 Å². The van der Waals surface area contributed by atoms with Crippen molar-refractivity contribution in [1.82, 2.24) is 4.90 Å². The Morgan fingerprint density at radius 1 is 1.50 bits per heavy atom. The third kappa shape index (κ3) is 3.98. The summed E-state index contributed by atoms with van der Waals surface area (Å²) in [6.07, 6.45) is 5.23. The Morgan fingerprint density at radius 3 is 2.70 bits per heavy atom. The van der Waals surface area contributed by atoms with Crippen LogP contribution in [0.25, 0.3) is 0 Å². The lowest BCUT2D eigenvalue weighted by atomic mass is 10.1. The van der Waals surface area contributed by atoms with E-state index in [2.05, 4.69) is 11.2 Å². The number of benzene rings is 1. The minimum atomic E-state index is -0.815. The van der Waals surface area contributed by atoms with Crippen LogP contribution in [0.15, 0.2) is 18.2 Å². The van der Waals surface area contributed by atoms with Gasteiger partial charge in [0.1, 0.15) is 0 Å². The number of nitrogens with two attached hydrogens (primary N) is 1. The minimum absolute atomic E-state index is 0.125. The molecular weight excluding hydrogens is 278 g/mol. The van der Waals surface area contributed by atoms with E-state index in [0.29, 0.717) is 16.3 Å². The average Bonchev–Trinajstić information content (AvgIpc) is 2.40. The van der Waals surface area contributed by atoms with Crippen molar-refractivity contribution in [3.63, 3.8) is 0 Å². The smallest absolute Gasteiger partial charge is 0.253 e. The van der Waals surface area contributed by atoms with Gasteiger partial charge in [0.05, 0.1) is 16.8 Å². The molecule has 0 saturated heterocycles. The van der Waals surface area contributed by atoms with E-state index in [-0.39, 0.29) is 12.3 Å². The van der Waals surface area contributed by atoms with Crippen molar-refractivity contribution in [3.05, 3.63) is 28.8 Å². The molecule has 0 aliphatic heterocycles. The molecule has 3 N–H and O–H groups in total. The number of carbonyl (C=O) groups is 2. The number of hydrogen-bond donors (Lipinski definition) is 2. The first kappa shape index (κ1) is 16.0. The maximum Gasteiger partial charge on any atom is 0.253 e. The zero-order valence-corrected chi connectivity index (χ0v) is 12.1. The molecule has 2 amide bonds. The molecule has 1 aromatic rings. The molecule has 0 saturated carbocycles. The van der Waals surface area contributed by atoms with E-state index < -0.39 is 11.9 Å². The van der Waals surface area contributed by atoms with Gasteiger partial charge in [-0.05, 0) is 18.2 Å². The lowest BCUT2D eigenvalue weighted by Crippen LogP contribution is -2.35. The summed E-state index contributed by atoms with van der Waals surface area (Å²) in [7, 11) is 3.27. The zero-order valence-electron chi connectivity index (χ0n) is 11.3. The van der Waals surface area contributed by atoms with Crippen LogP contribution in [0.3, 0.4) is 0 Å². The second kappa shape index (κ2) is 6.94. The molecule has 0 radical (unpaired) electrons. The van der Waals surface area contributed by atoms with Gasteiger partial charge >= 0.3 is 0 Å². The van der Waals surface area contributed by atoms with Crippen LogP contribution in [0, 0.1) is 12.3 Å². The molecule has 0 heterocycles. The Balaban J connectivity index is 2.96. The number of halogens is 1. The predicted octanol–water partition coefficient (Wildman–Crippen LogP) is 1.33. The number of hydrogen-bond acceptors (Lipinski definition) is 3. The Labute approximate surface area is 123 Å². The Morgan fingerprint density at radius 2 is 2.15 bits per heavy atom. The average molecular weight is 294 g/mol. The lowest BCUT2D eigenvalue weighted by Gasteiger charge is -2.14. The number of nitrogens with one attached hydrogen (secondary N) is 1. The van der Waals surface area contributed by atoms with Crippen molar-refractivity contribution < 1.29 is 9.59 Å². The highest BCUT2D eigenvalue weighted by Gasteiger charge is 2.16. The molecule has 0 aromatic heterocycles. The Bertz CT molecular complexity index is 564. The number of nitrogens with zero attached hydrogens (tertiary/aromatic N) is 1. The topological polar surface area (TPSA) is 75.4 Å². The van der Waals surface area contributed by atoms with E-state index in [1.807, 2.05) is 0 Å². The largest absolute Gasteiger partial charge is 0.345 e. The molecule has 0 aliphatic rings. The molecule has 0 aliphatic carbocycles. The van der Waals surface area contributed by atoms with Gasteiger partial charge in [-0.3, -0.25) is 9.59 Å². The molecule has 1 atom stereocenters. The summed E-state index contributed by atoms with van der Waals surface area (Å²) in [6, 6.07) is 3.82. The van der Waals surface area contributed by atoms with Crippen molar-refractivity contribution >= 4 is 29.1 Å². The summed E-state index contributed by atoms with van der Waals surface area (Å²) in [4.78, 5) is 25.1. The standard InChI is InChI=1S/C14H16ClN3O2/c1-4-5-11(16)13(19)17-12-8-9(6-7-10(12)15)14(20)18(2)3/h1,6-8,11H,5,16H2,2-3H3,(H,17,19). The van der Waals surface area contributed by atoms with Crippen LogP contribution in [-0.2, 0) is 4.79 Å². The van der Waals surface area contributed by atoms with E-state index in [1.54, 1.807) is 26.2 Å². The van der Waals surface area contributed by atoms with E-state index in [0.717, 1.165) is 0 Å². The van der Waals surface area contributed by atoms with Gasteiger partial charge in [0, 0.05) is 26.1 Å². The number of anilines is 1. The molecule has 0 fully saturated rings. The van der Waals surface area contributed by atoms with Gasteiger partial charge in [-0.15, -0.1) is 12.3 Å². The van der Waals surface area contributed by atoms with E-state index >= 15 is 0 Å². The first-order valence-electron chi connectivity index (χ1n) is 5.88. The molecule has 5 nitrogen and oxygen atoms in total. The van der Waals surface area contributed by atoms with Crippen LogP contribution in [0.1, 0.15) is 16.8 Å². The summed E-state index contributed by atoms with van der Waals surface area (Å²) >= 11 is 5.99. The number of terminal acetylenes is 1. The maximum atomic E-state index is 11.8. The van der Waals surface area contributed by atoms with Gasteiger partial charge in [-0.25, -0.2) is 0 Å². The second-order valence-corrected chi connectivity index (χ2v) is 4.81. The fourth-order valence-corrected chi connectivity index (χ4v) is 1.62. The molecular formula is C14H16ClN3O2. The van der Waals surface area contributed by atoms with Gasteiger partial charge in [0.25, 0.3) is 5.91 Å². The van der Waals surface area contributed by atoms with E-state index in [9.17, 15) is 9.59 Å². The van der Waals surface area contributed by atoms with Crippen molar-refractivity contribution in [2.75, 3.05) is 19.4 Å². The van der Waals surface area contributed by atoms with Crippen LogP contribution >= 0.6 is 11.6 Å². The van der Waals surface area contributed by atoms with Gasteiger partial charge in [0.15, 0.2) is 0 Å². The van der Waals surface area contributed by atoms with Crippen LogP contribution < -0.4 is 11.1 Å². The first-order valence-corrected chi connectivity index (χ1v) is 6.25. The molecule has 106 valence electrons. The van der Waals surface area contributed by atoms with Gasteiger partial charge < -0.3 is 16.0 Å². The van der Waals surface area contributed by atoms with Crippen molar-refractivity contribution in [2.24, 2.45) is 5.73 Å². The highest BCUT2D eigenvalue weighted by Crippen LogP contribution is 2.23. The Kier molecular flexibility index (Phi) is 5.56. The fourth-order valence-electron chi connectivity index (χ4n) is 1.46. The number of rotatable bonds is 4. The van der Waals surface area contributed by atoms with Gasteiger partial charge in [-0.2, -0.15) is 0 Å². The van der Waals surface area contributed by atoms with Crippen LogP contribution in [0.2, 0.25) is 5.02 Å². The molecule has 1 rings (SSSR count). The number of carbonyl (C=O) groups excluding carboxylic acids is 2. The third-order valence-corrected chi connectivity index (χ3v) is 2.88. The molecule has 1 unspecified atom stereocenters. The third-order valence-electron chi connectivity index (χ3n) is 2.55. The Hall–Kier alpha value is -2.03. The maximum absolute atomic E-state index is 11.8. The molecule has 6 heteroatoms. The minimum Gasteiger partial charge on any atom is -0.345 e. The quantitative estimate of drug-likeness (QED) is 0.823. The normalized spacial score (nSPS) is 11.3. The van der Waals surface area contributed by atoms with Crippen molar-refractivity contribution in [1.29, 1.82) is 0 Å². The summed E-state index contributed by atoms with van der Waals surface area (Å²) < 4.78 is 0. The SMILES string of the molecule is C#CCC(N)C(=O)Nc1cc(C(=O)N(C)C)ccc1Cl. The lowest BCUT2D eigenvalue weighted by molar-refractivity contribution is -0.117. The summed E-state index contributed by atoms with van der Waals surface area (Å²) in [5.74, 6) is 1.68. The fraction of sp³-hybridized carbons (Fsp3) is 0.286. The number of amides is 2. The molecule has 0 spiro atoms. The summed E-state index contributed by atoms with van der Waals surface area (Å²) in [6.45, 7) is 0. The highest BCUT2D eigenvalue weighted by molar-refractivity contribution is 6.34. The van der Waals surface area contributed by atoms with Crippen molar-refractivity contribution in [2.45, 2.75) is 12.5 Å². The van der Waals surface area contributed by atoms with Crippen LogP contribution in [0.5, 0.6) is 0 Å². The van der Waals surface area contributed by atoms with E-state index in [4.69, 9.17) is 23.8 Å². The predicted molar refractivity (Wildman–Crippen MR) is 79.5 cm³/mol. The monoisotopic (exact) mass is 293 g/mol. The summed E-state index contributed by atoms with van der Waals surface area (Å²) in [5, 5.41) is 2.89. The van der Waals surface area contributed by atoms with E-state index in [1.165, 1.54) is 11.0 Å². The zero-order chi connectivity index (χ0) is 15.3. The first-order chi connectivity index (χ1) is 9.36. The van der Waals surface area contributed by atoms with Crippen molar-refractivity contribution in [3.8, 4) is 12.3 Å². The highest BCUT2D eigenvalue weighted by atomic mass is 35.5. The molecule has 0 bridgehead atoms.